The van der Waals surface area contributed by atoms with E-state index in [0.717, 1.165) is 21.9 Å². The fraction of sp³-hybridized carbons (Fsp3) is 0.154. The summed E-state index contributed by atoms with van der Waals surface area (Å²) in [7, 11) is 0. The van der Waals surface area contributed by atoms with Crippen molar-refractivity contribution in [2.45, 2.75) is 12.4 Å². The number of hydrogen-bond acceptors (Lipinski definition) is 3. The van der Waals surface area contributed by atoms with Gasteiger partial charge in [0.2, 0.25) is 5.91 Å². The number of nitrogens with two attached hydrogens (primary N) is 1. The second-order valence-corrected chi connectivity index (χ2v) is 4.49. The van der Waals surface area contributed by atoms with Crippen molar-refractivity contribution in [3.63, 3.8) is 0 Å². The Morgan fingerprint density at radius 3 is 2.84 bits per heavy atom. The first-order valence-corrected chi connectivity index (χ1v) is 6.31. The summed E-state index contributed by atoms with van der Waals surface area (Å²) in [4.78, 5) is 20.0. The molecule has 0 aliphatic rings. The number of hydrogen-bond donors (Lipinski definition) is 1. The molecular weight excluding hydrogens is 264 g/mol. The molecule has 6 heteroatoms. The average Bonchev–Trinajstić information content (AvgIpc) is 2.76. The Hall–Kier alpha value is -2.14. The van der Waals surface area contributed by atoms with Gasteiger partial charge in [0.1, 0.15) is 17.9 Å². The molecule has 0 saturated heterocycles. The Labute approximate surface area is 114 Å². The second kappa shape index (κ2) is 4.51. The Balaban J connectivity index is 2.42. The normalized spacial score (nSPS) is 11.2. The number of primary amides is 1. The highest BCUT2D eigenvalue weighted by Crippen LogP contribution is 2.25. The van der Waals surface area contributed by atoms with Crippen LogP contribution in [0.4, 0.5) is 0 Å². The predicted octanol–water partition coefficient (Wildman–Crippen LogP) is 1.81. The quantitative estimate of drug-likeness (QED) is 0.740. The highest BCUT2D eigenvalue weighted by atomic mass is 35.5. The van der Waals surface area contributed by atoms with Gasteiger partial charge in [0.25, 0.3) is 0 Å². The number of rotatable bonds is 3. The van der Waals surface area contributed by atoms with E-state index >= 15 is 0 Å². The first-order chi connectivity index (χ1) is 9.20. The Kier molecular flexibility index (Phi) is 2.83. The van der Waals surface area contributed by atoms with Crippen LogP contribution in [0.15, 0.2) is 30.5 Å². The molecule has 1 amide bonds. The number of imidazole rings is 1. The van der Waals surface area contributed by atoms with Crippen molar-refractivity contribution in [2.75, 3.05) is 0 Å². The Morgan fingerprint density at radius 2 is 2.11 bits per heavy atom. The SMILES string of the molecule is NC(=O)Cn1c(CCl)nc2cnc3ccccc3c21. The van der Waals surface area contributed by atoms with Gasteiger partial charge in [-0.2, -0.15) is 0 Å². The van der Waals surface area contributed by atoms with Gasteiger partial charge in [-0.25, -0.2) is 4.98 Å². The van der Waals surface area contributed by atoms with Crippen LogP contribution in [-0.2, 0) is 17.2 Å². The average molecular weight is 275 g/mol. The van der Waals surface area contributed by atoms with Crippen LogP contribution in [0.1, 0.15) is 5.82 Å². The summed E-state index contributed by atoms with van der Waals surface area (Å²) in [6.45, 7) is 0.0621. The van der Waals surface area contributed by atoms with Gasteiger partial charge >= 0.3 is 0 Å². The molecule has 0 atom stereocenters. The monoisotopic (exact) mass is 274 g/mol. The number of halogens is 1. The van der Waals surface area contributed by atoms with E-state index in [-0.39, 0.29) is 12.4 Å². The third-order valence-electron chi connectivity index (χ3n) is 2.99. The highest BCUT2D eigenvalue weighted by molar-refractivity contribution is 6.17. The molecule has 2 heterocycles. The van der Waals surface area contributed by atoms with Crippen LogP contribution in [0.5, 0.6) is 0 Å². The summed E-state index contributed by atoms with van der Waals surface area (Å²) in [6.07, 6.45) is 1.69. The molecule has 3 rings (SSSR count). The van der Waals surface area contributed by atoms with Gasteiger partial charge in [0.15, 0.2) is 0 Å². The van der Waals surface area contributed by atoms with Gasteiger partial charge in [-0.3, -0.25) is 9.78 Å². The summed E-state index contributed by atoms with van der Waals surface area (Å²) < 4.78 is 1.76. The molecule has 0 bridgehead atoms. The van der Waals surface area contributed by atoms with Crippen molar-refractivity contribution in [1.82, 2.24) is 14.5 Å². The van der Waals surface area contributed by atoms with Crippen molar-refractivity contribution in [3.8, 4) is 0 Å². The fourth-order valence-corrected chi connectivity index (χ4v) is 2.44. The van der Waals surface area contributed by atoms with Crippen molar-refractivity contribution in [3.05, 3.63) is 36.3 Å². The van der Waals surface area contributed by atoms with Gasteiger partial charge in [0.05, 0.1) is 23.1 Å². The van der Waals surface area contributed by atoms with Gasteiger partial charge in [-0.15, -0.1) is 11.6 Å². The van der Waals surface area contributed by atoms with Crippen LogP contribution in [0.2, 0.25) is 0 Å². The zero-order chi connectivity index (χ0) is 13.4. The zero-order valence-electron chi connectivity index (χ0n) is 10.0. The minimum Gasteiger partial charge on any atom is -0.368 e. The van der Waals surface area contributed by atoms with Crippen LogP contribution in [-0.4, -0.2) is 20.4 Å². The number of alkyl halides is 1. The summed E-state index contributed by atoms with van der Waals surface area (Å²) in [6, 6.07) is 7.70. The third-order valence-corrected chi connectivity index (χ3v) is 3.23. The van der Waals surface area contributed by atoms with E-state index in [1.807, 2.05) is 24.3 Å². The number of benzene rings is 1. The third kappa shape index (κ3) is 1.92. The second-order valence-electron chi connectivity index (χ2n) is 4.22. The van der Waals surface area contributed by atoms with Crippen molar-refractivity contribution >= 4 is 39.4 Å². The van der Waals surface area contributed by atoms with Gasteiger partial charge in [0, 0.05) is 5.39 Å². The van der Waals surface area contributed by atoms with Crippen molar-refractivity contribution in [2.24, 2.45) is 5.73 Å². The summed E-state index contributed by atoms with van der Waals surface area (Å²) in [5, 5.41) is 0.935. The Bertz CT molecular complexity index is 781. The number of carbonyl (C=O) groups is 1. The molecule has 0 spiro atoms. The maximum atomic E-state index is 11.2. The first kappa shape index (κ1) is 11.9. The predicted molar refractivity (Wildman–Crippen MR) is 73.8 cm³/mol. The first-order valence-electron chi connectivity index (χ1n) is 5.78. The molecule has 0 unspecified atom stereocenters. The lowest BCUT2D eigenvalue weighted by Crippen LogP contribution is -2.19. The Morgan fingerprint density at radius 1 is 1.32 bits per heavy atom. The zero-order valence-corrected chi connectivity index (χ0v) is 10.8. The molecule has 0 saturated carbocycles. The minimum atomic E-state index is -0.424. The number of para-hydroxylation sites is 1. The van der Waals surface area contributed by atoms with E-state index < -0.39 is 5.91 Å². The van der Waals surface area contributed by atoms with E-state index in [9.17, 15) is 4.79 Å². The lowest BCUT2D eigenvalue weighted by atomic mass is 10.2. The standard InChI is InChI=1S/C13H11ClN4O/c14-5-12-17-10-6-16-9-4-2-1-3-8(9)13(10)18(12)7-11(15)19/h1-4,6H,5,7H2,(H2,15,19). The largest absolute Gasteiger partial charge is 0.368 e. The number of pyridine rings is 1. The van der Waals surface area contributed by atoms with Gasteiger partial charge in [-0.05, 0) is 6.07 Å². The molecule has 0 aliphatic carbocycles. The van der Waals surface area contributed by atoms with E-state index in [4.69, 9.17) is 17.3 Å². The molecular formula is C13H11ClN4O. The van der Waals surface area contributed by atoms with Crippen LogP contribution < -0.4 is 5.73 Å². The molecule has 0 radical (unpaired) electrons. The fourth-order valence-electron chi connectivity index (χ4n) is 2.24. The molecule has 1 aromatic carbocycles. The molecule has 2 N–H and O–H groups in total. The molecule has 96 valence electrons. The number of fused-ring (bicyclic) bond motifs is 3. The van der Waals surface area contributed by atoms with Crippen LogP contribution in [0, 0.1) is 0 Å². The van der Waals surface area contributed by atoms with E-state index in [2.05, 4.69) is 9.97 Å². The minimum absolute atomic E-state index is 0.0621. The van der Waals surface area contributed by atoms with Crippen LogP contribution in [0.3, 0.4) is 0 Å². The van der Waals surface area contributed by atoms with Gasteiger partial charge < -0.3 is 10.3 Å². The highest BCUT2D eigenvalue weighted by Gasteiger charge is 2.14. The topological polar surface area (TPSA) is 73.8 Å². The van der Waals surface area contributed by atoms with Crippen LogP contribution >= 0.6 is 11.6 Å². The summed E-state index contributed by atoms with van der Waals surface area (Å²) >= 11 is 5.88. The van der Waals surface area contributed by atoms with Crippen molar-refractivity contribution in [1.29, 1.82) is 0 Å². The van der Waals surface area contributed by atoms with Crippen LogP contribution in [0.25, 0.3) is 21.9 Å². The molecule has 5 nitrogen and oxygen atoms in total. The van der Waals surface area contributed by atoms with Gasteiger partial charge in [-0.1, -0.05) is 18.2 Å². The number of carbonyl (C=O) groups excluding carboxylic acids is 1. The molecule has 2 aromatic heterocycles. The molecule has 0 aliphatic heterocycles. The number of amides is 1. The maximum absolute atomic E-state index is 11.2. The van der Waals surface area contributed by atoms with E-state index in [1.54, 1.807) is 10.8 Å². The number of aromatic nitrogens is 3. The molecule has 19 heavy (non-hydrogen) atoms. The molecule has 0 fully saturated rings. The lowest BCUT2D eigenvalue weighted by Gasteiger charge is -2.06. The lowest BCUT2D eigenvalue weighted by molar-refractivity contribution is -0.118. The smallest absolute Gasteiger partial charge is 0.237 e. The summed E-state index contributed by atoms with van der Waals surface area (Å²) in [5.41, 5.74) is 7.71. The van der Waals surface area contributed by atoms with Crippen molar-refractivity contribution < 1.29 is 4.79 Å². The molecule has 3 aromatic rings. The number of nitrogens with zero attached hydrogens (tertiary/aromatic N) is 3. The summed E-state index contributed by atoms with van der Waals surface area (Å²) in [5.74, 6) is 0.413. The van der Waals surface area contributed by atoms with E-state index in [0.29, 0.717) is 5.82 Å². The van der Waals surface area contributed by atoms with E-state index in [1.165, 1.54) is 0 Å². The maximum Gasteiger partial charge on any atom is 0.237 e.